The third-order valence-electron chi connectivity index (χ3n) is 5.55. The first-order valence-corrected chi connectivity index (χ1v) is 12.1. The number of thioether (sulfide) groups is 1. The smallest absolute Gasteiger partial charge is 0.345 e. The number of hydrogen-bond acceptors (Lipinski definition) is 8. The number of aryl methyl sites for hydroxylation is 1. The molecular formula is C26H22N6O3S. The molecule has 0 radical (unpaired) electrons. The number of para-hydroxylation sites is 3. The summed E-state index contributed by atoms with van der Waals surface area (Å²) in [5, 5.41) is 20.4. The molecule has 5 aromatic rings. The number of nitrogens with one attached hydrogen (secondary N) is 1. The van der Waals surface area contributed by atoms with Crippen molar-refractivity contribution in [2.24, 2.45) is 0 Å². The number of esters is 1. The predicted molar refractivity (Wildman–Crippen MR) is 138 cm³/mol. The molecule has 0 aliphatic carbocycles. The fraction of sp³-hybridized carbons (Fsp3) is 0.115. The van der Waals surface area contributed by atoms with Crippen molar-refractivity contribution in [2.45, 2.75) is 12.1 Å². The number of nitrogens with zero attached hydrogens (tertiary/aromatic N) is 5. The van der Waals surface area contributed by atoms with Crippen LogP contribution in [0.25, 0.3) is 33.7 Å². The average Bonchev–Trinajstić information content (AvgIpc) is 3.52. The molecule has 180 valence electrons. The van der Waals surface area contributed by atoms with Crippen LogP contribution in [0, 0.1) is 6.92 Å². The molecule has 0 fully saturated rings. The first-order valence-electron chi connectivity index (χ1n) is 11.1. The number of rotatable bonds is 7. The highest BCUT2D eigenvalue weighted by Gasteiger charge is 2.24. The monoisotopic (exact) mass is 498 g/mol. The number of carbonyl (C=O) groups excluding carboxylic acids is 1. The number of ether oxygens (including phenoxy) is 1. The van der Waals surface area contributed by atoms with E-state index in [-0.39, 0.29) is 22.9 Å². The average molecular weight is 499 g/mol. The quantitative estimate of drug-likeness (QED) is 0.143. The maximum Gasteiger partial charge on any atom is 0.345 e. The number of aromatic nitrogens is 6. The third kappa shape index (κ3) is 4.46. The van der Waals surface area contributed by atoms with Gasteiger partial charge in [-0.3, -0.25) is 9.55 Å². The molecule has 9 nitrogen and oxygen atoms in total. The standard InChI is InChI=1S/C26H22N6O3S/c1-16-8-3-6-12-20(16)32-24(17-9-7-13-27-14-17)30-31-26(32)36-15-21(33)22(25(34)35-2)23-28-18-10-4-5-11-19(18)29-23/h3-14,33H,15H2,1-2H3,(H,28,29). The van der Waals surface area contributed by atoms with Gasteiger partial charge in [0, 0.05) is 18.0 Å². The van der Waals surface area contributed by atoms with Crippen LogP contribution in [0.1, 0.15) is 11.4 Å². The summed E-state index contributed by atoms with van der Waals surface area (Å²) in [6.07, 6.45) is 3.42. The van der Waals surface area contributed by atoms with E-state index in [2.05, 4.69) is 25.1 Å². The van der Waals surface area contributed by atoms with Gasteiger partial charge in [0.1, 0.15) is 17.2 Å². The minimum absolute atomic E-state index is 0.0318. The highest BCUT2D eigenvalue weighted by atomic mass is 32.2. The predicted octanol–water partition coefficient (Wildman–Crippen LogP) is 4.75. The molecule has 5 rings (SSSR count). The van der Waals surface area contributed by atoms with E-state index in [0.717, 1.165) is 22.3 Å². The summed E-state index contributed by atoms with van der Waals surface area (Å²) in [5.74, 6) is 0.0154. The molecule has 0 saturated carbocycles. The Bertz CT molecular complexity index is 1540. The van der Waals surface area contributed by atoms with Gasteiger partial charge in [-0.25, -0.2) is 9.78 Å². The van der Waals surface area contributed by atoms with Gasteiger partial charge < -0.3 is 14.8 Å². The van der Waals surface area contributed by atoms with Gasteiger partial charge in [0.2, 0.25) is 0 Å². The number of hydrogen-bond donors (Lipinski definition) is 2. The zero-order chi connectivity index (χ0) is 25.1. The van der Waals surface area contributed by atoms with Crippen molar-refractivity contribution in [3.8, 4) is 17.1 Å². The van der Waals surface area contributed by atoms with Crippen molar-refractivity contribution in [1.29, 1.82) is 0 Å². The molecule has 3 aromatic heterocycles. The van der Waals surface area contributed by atoms with E-state index in [4.69, 9.17) is 4.74 Å². The van der Waals surface area contributed by atoms with Crippen LogP contribution >= 0.6 is 11.8 Å². The van der Waals surface area contributed by atoms with E-state index in [1.54, 1.807) is 12.4 Å². The number of benzene rings is 2. The van der Waals surface area contributed by atoms with E-state index >= 15 is 0 Å². The van der Waals surface area contributed by atoms with Gasteiger partial charge in [-0.1, -0.05) is 42.1 Å². The first-order chi connectivity index (χ1) is 17.6. The van der Waals surface area contributed by atoms with Crippen LogP contribution in [0.2, 0.25) is 0 Å². The fourth-order valence-corrected chi connectivity index (χ4v) is 4.63. The summed E-state index contributed by atoms with van der Waals surface area (Å²) in [5.41, 5.74) is 4.12. The van der Waals surface area contributed by atoms with Crippen molar-refractivity contribution in [1.82, 2.24) is 29.7 Å². The van der Waals surface area contributed by atoms with Crippen LogP contribution < -0.4 is 0 Å². The molecule has 0 saturated heterocycles. The number of aliphatic hydroxyl groups excluding tert-OH is 1. The lowest BCUT2D eigenvalue weighted by molar-refractivity contribution is -0.133. The van der Waals surface area contributed by atoms with E-state index < -0.39 is 5.97 Å². The molecule has 36 heavy (non-hydrogen) atoms. The summed E-state index contributed by atoms with van der Waals surface area (Å²) in [6, 6.07) is 19.0. The SMILES string of the molecule is COC(=O)C(=C(O)CSc1nnc(-c2cccnc2)n1-c1ccccc1C)c1nc2ccccc2[nH]1. The Hall–Kier alpha value is -4.44. The number of aliphatic hydroxyl groups is 1. The minimum Gasteiger partial charge on any atom is -0.510 e. The molecule has 2 N–H and O–H groups in total. The number of aromatic amines is 1. The van der Waals surface area contributed by atoms with E-state index in [0.29, 0.717) is 16.5 Å². The van der Waals surface area contributed by atoms with Gasteiger partial charge in [-0.05, 0) is 42.8 Å². The normalized spacial score (nSPS) is 11.9. The van der Waals surface area contributed by atoms with Crippen molar-refractivity contribution < 1.29 is 14.6 Å². The number of pyridine rings is 1. The van der Waals surface area contributed by atoms with Crippen molar-refractivity contribution >= 4 is 34.3 Å². The Morgan fingerprint density at radius 3 is 2.64 bits per heavy atom. The Balaban J connectivity index is 1.54. The molecule has 0 amide bonds. The number of imidazole rings is 1. The Morgan fingerprint density at radius 2 is 1.89 bits per heavy atom. The zero-order valence-corrected chi connectivity index (χ0v) is 20.4. The Kier molecular flexibility index (Phi) is 6.50. The first kappa shape index (κ1) is 23.3. The minimum atomic E-state index is -0.691. The van der Waals surface area contributed by atoms with Crippen molar-refractivity contribution in [2.75, 3.05) is 12.9 Å². The molecule has 3 heterocycles. The van der Waals surface area contributed by atoms with Crippen LogP contribution in [0.15, 0.2) is 84.0 Å². The number of methoxy groups -OCH3 is 1. The second-order valence-corrected chi connectivity index (χ2v) is 8.82. The summed E-state index contributed by atoms with van der Waals surface area (Å²) in [4.78, 5) is 24.4. The van der Waals surface area contributed by atoms with Gasteiger partial charge in [0.15, 0.2) is 11.0 Å². The van der Waals surface area contributed by atoms with E-state index in [1.165, 1.54) is 18.9 Å². The largest absolute Gasteiger partial charge is 0.510 e. The van der Waals surface area contributed by atoms with Gasteiger partial charge in [-0.2, -0.15) is 0 Å². The number of H-pyrrole nitrogens is 1. The molecule has 0 aliphatic rings. The number of carbonyl (C=O) groups is 1. The van der Waals surface area contributed by atoms with Crippen LogP contribution in [0.5, 0.6) is 0 Å². The molecule has 0 bridgehead atoms. The van der Waals surface area contributed by atoms with E-state index in [9.17, 15) is 9.90 Å². The Morgan fingerprint density at radius 1 is 1.08 bits per heavy atom. The number of fused-ring (bicyclic) bond motifs is 1. The maximum atomic E-state index is 12.6. The van der Waals surface area contributed by atoms with Gasteiger partial charge >= 0.3 is 5.97 Å². The fourth-order valence-electron chi connectivity index (χ4n) is 3.81. The van der Waals surface area contributed by atoms with Crippen molar-refractivity contribution in [3.63, 3.8) is 0 Å². The summed E-state index contributed by atoms with van der Waals surface area (Å²) in [7, 11) is 1.26. The molecular weight excluding hydrogens is 476 g/mol. The molecule has 0 atom stereocenters. The molecule has 2 aromatic carbocycles. The lowest BCUT2D eigenvalue weighted by atomic mass is 10.2. The molecule has 10 heteroatoms. The van der Waals surface area contributed by atoms with Crippen LogP contribution in [0.4, 0.5) is 0 Å². The van der Waals surface area contributed by atoms with Crippen LogP contribution in [-0.4, -0.2) is 53.7 Å². The van der Waals surface area contributed by atoms with Crippen molar-refractivity contribution in [3.05, 3.63) is 90.2 Å². The highest BCUT2D eigenvalue weighted by Crippen LogP contribution is 2.31. The van der Waals surface area contributed by atoms with Crippen LogP contribution in [0.3, 0.4) is 0 Å². The third-order valence-corrected chi connectivity index (χ3v) is 6.49. The molecule has 0 unspecified atom stereocenters. The second kappa shape index (κ2) is 10.0. The second-order valence-electron chi connectivity index (χ2n) is 7.87. The topological polar surface area (TPSA) is 119 Å². The lowest BCUT2D eigenvalue weighted by Crippen LogP contribution is -2.10. The van der Waals surface area contributed by atoms with Crippen LogP contribution in [-0.2, 0) is 9.53 Å². The summed E-state index contributed by atoms with van der Waals surface area (Å²) >= 11 is 1.24. The highest BCUT2D eigenvalue weighted by molar-refractivity contribution is 7.99. The Labute approximate surface area is 210 Å². The maximum absolute atomic E-state index is 12.6. The van der Waals surface area contributed by atoms with Gasteiger partial charge in [-0.15, -0.1) is 10.2 Å². The molecule has 0 spiro atoms. The lowest BCUT2D eigenvalue weighted by Gasteiger charge is -2.13. The summed E-state index contributed by atoms with van der Waals surface area (Å²) in [6.45, 7) is 2.01. The van der Waals surface area contributed by atoms with E-state index in [1.807, 2.05) is 72.2 Å². The van der Waals surface area contributed by atoms with Gasteiger partial charge in [0.25, 0.3) is 0 Å². The summed E-state index contributed by atoms with van der Waals surface area (Å²) < 4.78 is 6.86. The van der Waals surface area contributed by atoms with Gasteiger partial charge in [0.05, 0.1) is 29.6 Å². The zero-order valence-electron chi connectivity index (χ0n) is 19.5. The molecule has 0 aliphatic heterocycles.